The fourth-order valence-electron chi connectivity index (χ4n) is 2.24. The second-order valence-electron chi connectivity index (χ2n) is 5.75. The van der Waals surface area contributed by atoms with Crippen LogP contribution in [0.2, 0.25) is 0 Å². The van der Waals surface area contributed by atoms with E-state index in [2.05, 4.69) is 5.32 Å². The van der Waals surface area contributed by atoms with Crippen LogP contribution in [0, 0.1) is 0 Å². The van der Waals surface area contributed by atoms with E-state index in [0.717, 1.165) is 6.54 Å². The predicted molar refractivity (Wildman–Crippen MR) is 86.0 cm³/mol. The first-order chi connectivity index (χ1) is 10.9. The van der Waals surface area contributed by atoms with Gasteiger partial charge >= 0.3 is 0 Å². The molecular formula is C15H24N3O4S+. The number of ether oxygens (including phenoxy) is 1. The Morgan fingerprint density at radius 3 is 2.39 bits per heavy atom. The maximum absolute atomic E-state index is 12.5. The lowest BCUT2D eigenvalue weighted by Crippen LogP contribution is -3.06. The van der Waals surface area contributed by atoms with Crippen molar-refractivity contribution in [2.45, 2.75) is 4.90 Å². The molecule has 2 N–H and O–H groups in total. The van der Waals surface area contributed by atoms with Gasteiger partial charge in [0.2, 0.25) is 10.0 Å². The van der Waals surface area contributed by atoms with Crippen LogP contribution in [0.5, 0.6) is 0 Å². The fourth-order valence-corrected chi connectivity index (χ4v) is 3.65. The molecule has 1 heterocycles. The summed E-state index contributed by atoms with van der Waals surface area (Å²) in [6.45, 7) is 2.94. The molecule has 0 saturated carbocycles. The Bertz CT molecular complexity index is 623. The fraction of sp³-hybridized carbons (Fsp3) is 0.533. The minimum Gasteiger partial charge on any atom is -0.379 e. The number of sulfonamides is 1. The van der Waals surface area contributed by atoms with Crippen molar-refractivity contribution >= 4 is 15.9 Å². The topological polar surface area (TPSA) is 80.2 Å². The molecular weight excluding hydrogens is 318 g/mol. The van der Waals surface area contributed by atoms with E-state index < -0.39 is 10.0 Å². The number of quaternary nitrogens is 1. The molecule has 1 aromatic carbocycles. The van der Waals surface area contributed by atoms with Gasteiger partial charge < -0.3 is 15.0 Å². The first-order valence-electron chi connectivity index (χ1n) is 7.66. The smallest absolute Gasteiger partial charge is 0.251 e. The van der Waals surface area contributed by atoms with Crippen LogP contribution in [0.25, 0.3) is 0 Å². The highest BCUT2D eigenvalue weighted by atomic mass is 32.2. The Hall–Kier alpha value is -1.48. The van der Waals surface area contributed by atoms with Crippen LogP contribution in [0.15, 0.2) is 29.2 Å². The first kappa shape index (κ1) is 17.9. The summed E-state index contributed by atoms with van der Waals surface area (Å²) in [5.41, 5.74) is 0.458. The zero-order valence-electron chi connectivity index (χ0n) is 13.5. The van der Waals surface area contributed by atoms with Crippen LogP contribution in [0.4, 0.5) is 0 Å². The highest BCUT2D eigenvalue weighted by molar-refractivity contribution is 7.89. The Kier molecular flexibility index (Phi) is 6.11. The molecule has 1 amide bonds. The third-order valence-electron chi connectivity index (χ3n) is 3.63. The van der Waals surface area contributed by atoms with E-state index in [1.807, 2.05) is 14.1 Å². The number of hydrogen-bond acceptors (Lipinski definition) is 4. The van der Waals surface area contributed by atoms with Crippen molar-refractivity contribution in [1.29, 1.82) is 0 Å². The van der Waals surface area contributed by atoms with Crippen LogP contribution in [0.3, 0.4) is 0 Å². The maximum atomic E-state index is 12.5. The van der Waals surface area contributed by atoms with E-state index >= 15 is 0 Å². The number of nitrogens with zero attached hydrogens (tertiary/aromatic N) is 1. The van der Waals surface area contributed by atoms with Gasteiger partial charge in [0.1, 0.15) is 0 Å². The molecule has 1 fully saturated rings. The predicted octanol–water partition coefficient (Wildman–Crippen LogP) is -1.42. The largest absolute Gasteiger partial charge is 0.379 e. The third-order valence-corrected chi connectivity index (χ3v) is 5.55. The Morgan fingerprint density at radius 2 is 1.83 bits per heavy atom. The van der Waals surface area contributed by atoms with Crippen molar-refractivity contribution < 1.29 is 22.8 Å². The lowest BCUT2D eigenvalue weighted by atomic mass is 10.2. The normalized spacial score (nSPS) is 16.5. The minimum atomic E-state index is -3.51. The van der Waals surface area contributed by atoms with E-state index in [1.165, 1.54) is 21.3 Å². The summed E-state index contributed by atoms with van der Waals surface area (Å²) in [5, 5.41) is 2.82. The number of amides is 1. The van der Waals surface area contributed by atoms with Crippen LogP contribution in [-0.2, 0) is 14.8 Å². The number of carbonyl (C=O) groups excluding carboxylic acids is 1. The van der Waals surface area contributed by atoms with Gasteiger partial charge in [0.25, 0.3) is 5.91 Å². The molecule has 128 valence electrons. The molecule has 0 atom stereocenters. The lowest BCUT2D eigenvalue weighted by Gasteiger charge is -2.26. The standard InChI is InChI=1S/C15H23N3O4S/c1-17(2)8-7-16-15(19)13-3-5-14(6-4-13)23(20,21)18-9-11-22-12-10-18/h3-6H,7-12H2,1-2H3,(H,16,19)/p+1. The summed E-state index contributed by atoms with van der Waals surface area (Å²) in [6.07, 6.45) is 0. The number of benzene rings is 1. The highest BCUT2D eigenvalue weighted by Crippen LogP contribution is 2.17. The number of likely N-dealkylation sites (N-methyl/N-ethyl adjacent to an activating group) is 1. The van der Waals surface area contributed by atoms with Crippen molar-refractivity contribution in [3.05, 3.63) is 29.8 Å². The second kappa shape index (κ2) is 7.87. The van der Waals surface area contributed by atoms with Crippen molar-refractivity contribution in [3.8, 4) is 0 Å². The van der Waals surface area contributed by atoms with Crippen molar-refractivity contribution in [2.24, 2.45) is 0 Å². The average molecular weight is 342 g/mol. The van der Waals surface area contributed by atoms with Gasteiger partial charge in [0.15, 0.2) is 0 Å². The van der Waals surface area contributed by atoms with Gasteiger partial charge in [-0.3, -0.25) is 4.79 Å². The number of carbonyl (C=O) groups is 1. The number of nitrogens with one attached hydrogen (secondary N) is 2. The summed E-state index contributed by atoms with van der Waals surface area (Å²) in [6, 6.07) is 6.06. The van der Waals surface area contributed by atoms with Gasteiger partial charge in [-0.2, -0.15) is 4.31 Å². The number of rotatable bonds is 6. The summed E-state index contributed by atoms with van der Waals surface area (Å²) >= 11 is 0. The molecule has 1 aliphatic heterocycles. The zero-order chi connectivity index (χ0) is 16.9. The van der Waals surface area contributed by atoms with Crippen molar-refractivity contribution in [1.82, 2.24) is 9.62 Å². The summed E-state index contributed by atoms with van der Waals surface area (Å²) in [4.78, 5) is 13.4. The van der Waals surface area contributed by atoms with Gasteiger partial charge in [-0.05, 0) is 24.3 Å². The molecule has 1 aliphatic rings. The van der Waals surface area contributed by atoms with E-state index in [9.17, 15) is 13.2 Å². The molecule has 0 radical (unpaired) electrons. The SMILES string of the molecule is C[NH+](C)CCNC(=O)c1ccc(S(=O)(=O)N2CCOCC2)cc1. The van der Waals surface area contributed by atoms with Gasteiger partial charge in [-0.15, -0.1) is 0 Å². The quantitative estimate of drug-likeness (QED) is 0.665. The van der Waals surface area contributed by atoms with Gasteiger partial charge in [0, 0.05) is 18.7 Å². The maximum Gasteiger partial charge on any atom is 0.251 e. The number of morpholine rings is 1. The first-order valence-corrected chi connectivity index (χ1v) is 9.10. The molecule has 1 saturated heterocycles. The van der Waals surface area contributed by atoms with E-state index in [-0.39, 0.29) is 10.8 Å². The molecule has 0 spiro atoms. The van der Waals surface area contributed by atoms with Gasteiger partial charge in [-0.25, -0.2) is 8.42 Å². The average Bonchev–Trinajstić information content (AvgIpc) is 2.55. The van der Waals surface area contributed by atoms with E-state index in [1.54, 1.807) is 12.1 Å². The van der Waals surface area contributed by atoms with Crippen LogP contribution >= 0.6 is 0 Å². The summed E-state index contributed by atoms with van der Waals surface area (Å²) < 4.78 is 31.5. The summed E-state index contributed by atoms with van der Waals surface area (Å²) in [7, 11) is 0.508. The molecule has 0 aliphatic carbocycles. The molecule has 1 aromatic rings. The van der Waals surface area contributed by atoms with E-state index in [4.69, 9.17) is 4.74 Å². The van der Waals surface area contributed by atoms with Crippen LogP contribution in [0.1, 0.15) is 10.4 Å². The molecule has 2 rings (SSSR count). The Balaban J connectivity index is 2.02. The zero-order valence-corrected chi connectivity index (χ0v) is 14.4. The van der Waals surface area contributed by atoms with E-state index in [0.29, 0.717) is 38.4 Å². The van der Waals surface area contributed by atoms with Crippen LogP contribution < -0.4 is 10.2 Å². The van der Waals surface area contributed by atoms with Gasteiger partial charge in [0.05, 0.1) is 45.3 Å². The molecule has 7 nitrogen and oxygen atoms in total. The number of hydrogen-bond donors (Lipinski definition) is 2. The molecule has 0 unspecified atom stereocenters. The van der Waals surface area contributed by atoms with Crippen molar-refractivity contribution in [3.63, 3.8) is 0 Å². The van der Waals surface area contributed by atoms with Gasteiger partial charge in [-0.1, -0.05) is 0 Å². The highest BCUT2D eigenvalue weighted by Gasteiger charge is 2.26. The van der Waals surface area contributed by atoms with Crippen molar-refractivity contribution in [2.75, 3.05) is 53.5 Å². The monoisotopic (exact) mass is 342 g/mol. The minimum absolute atomic E-state index is 0.193. The Labute approximate surface area is 137 Å². The molecule has 23 heavy (non-hydrogen) atoms. The molecule has 0 bridgehead atoms. The van der Waals surface area contributed by atoms with Crippen LogP contribution in [-0.4, -0.2) is 72.1 Å². The third kappa shape index (κ3) is 4.74. The summed E-state index contributed by atoms with van der Waals surface area (Å²) in [5.74, 6) is -0.193. The molecule has 0 aromatic heterocycles. The second-order valence-corrected chi connectivity index (χ2v) is 7.69. The Morgan fingerprint density at radius 1 is 1.22 bits per heavy atom. The molecule has 8 heteroatoms. The lowest BCUT2D eigenvalue weighted by molar-refractivity contribution is -0.856.